The summed E-state index contributed by atoms with van der Waals surface area (Å²) in [6, 6.07) is 6.82. The molecule has 0 aliphatic heterocycles. The van der Waals surface area contributed by atoms with Crippen LogP contribution in [0.1, 0.15) is 32.8 Å². The molecule has 0 saturated carbocycles. The van der Waals surface area contributed by atoms with Crippen molar-refractivity contribution in [1.29, 1.82) is 0 Å². The normalized spacial score (nSPS) is 13.7. The van der Waals surface area contributed by atoms with Gasteiger partial charge in [0.2, 0.25) is 10.0 Å². The zero-order chi connectivity index (χ0) is 14.5. The summed E-state index contributed by atoms with van der Waals surface area (Å²) in [6.45, 7) is 6.04. The lowest BCUT2D eigenvalue weighted by Gasteiger charge is -2.16. The highest BCUT2D eigenvalue weighted by Gasteiger charge is 2.17. The van der Waals surface area contributed by atoms with Crippen molar-refractivity contribution in [1.82, 2.24) is 4.72 Å². The molecule has 0 amide bonds. The standard InChI is InChI=1S/C14H22ClNO2S/c1-11(2)10-12(3)16-19(17,18)14-6-4-13(5-7-14)8-9-15/h4-7,11-12,16H,8-10H2,1-3H3. The van der Waals surface area contributed by atoms with Crippen molar-refractivity contribution in [2.45, 2.75) is 44.6 Å². The second-order valence-corrected chi connectivity index (χ2v) is 7.33. The summed E-state index contributed by atoms with van der Waals surface area (Å²) in [5, 5.41) is 0. The molecule has 0 aliphatic carbocycles. The Hall–Kier alpha value is -0.580. The van der Waals surface area contributed by atoms with Crippen molar-refractivity contribution in [2.75, 3.05) is 5.88 Å². The number of nitrogens with one attached hydrogen (secondary N) is 1. The molecule has 0 fully saturated rings. The fourth-order valence-electron chi connectivity index (χ4n) is 2.03. The zero-order valence-electron chi connectivity index (χ0n) is 11.7. The maximum absolute atomic E-state index is 12.2. The monoisotopic (exact) mass is 303 g/mol. The maximum Gasteiger partial charge on any atom is 0.240 e. The summed E-state index contributed by atoms with van der Waals surface area (Å²) in [4.78, 5) is 0.307. The molecule has 0 aromatic heterocycles. The highest BCUT2D eigenvalue weighted by atomic mass is 35.5. The first kappa shape index (κ1) is 16.5. The van der Waals surface area contributed by atoms with Gasteiger partial charge >= 0.3 is 0 Å². The molecule has 1 atom stereocenters. The van der Waals surface area contributed by atoms with Gasteiger partial charge in [0.15, 0.2) is 0 Å². The van der Waals surface area contributed by atoms with Crippen molar-refractivity contribution in [3.63, 3.8) is 0 Å². The van der Waals surface area contributed by atoms with Crippen molar-refractivity contribution in [3.05, 3.63) is 29.8 Å². The summed E-state index contributed by atoms with van der Waals surface area (Å²) in [6.07, 6.45) is 1.57. The molecule has 1 rings (SSSR count). The molecule has 0 radical (unpaired) electrons. The van der Waals surface area contributed by atoms with Crippen LogP contribution in [0.15, 0.2) is 29.2 Å². The molecule has 108 valence electrons. The van der Waals surface area contributed by atoms with E-state index < -0.39 is 10.0 Å². The highest BCUT2D eigenvalue weighted by Crippen LogP contribution is 2.13. The third kappa shape index (κ3) is 5.51. The van der Waals surface area contributed by atoms with Crippen LogP contribution in [-0.2, 0) is 16.4 Å². The fourth-order valence-corrected chi connectivity index (χ4v) is 3.51. The first-order valence-corrected chi connectivity index (χ1v) is 8.54. The summed E-state index contributed by atoms with van der Waals surface area (Å²) >= 11 is 5.65. The molecule has 1 aromatic carbocycles. The van der Waals surface area contributed by atoms with Crippen LogP contribution < -0.4 is 4.72 Å². The van der Waals surface area contributed by atoms with E-state index in [0.29, 0.717) is 16.7 Å². The maximum atomic E-state index is 12.2. The smallest absolute Gasteiger partial charge is 0.208 e. The number of sulfonamides is 1. The van der Waals surface area contributed by atoms with Gasteiger partial charge in [0.1, 0.15) is 0 Å². The molecule has 1 N–H and O–H groups in total. The van der Waals surface area contributed by atoms with Gasteiger partial charge in [-0.2, -0.15) is 0 Å². The van der Waals surface area contributed by atoms with Crippen LogP contribution in [0.5, 0.6) is 0 Å². The number of rotatable bonds is 7. The minimum Gasteiger partial charge on any atom is -0.208 e. The van der Waals surface area contributed by atoms with Crippen LogP contribution >= 0.6 is 11.6 Å². The van der Waals surface area contributed by atoms with Crippen molar-refractivity contribution in [3.8, 4) is 0 Å². The van der Waals surface area contributed by atoms with Crippen LogP contribution in [-0.4, -0.2) is 20.3 Å². The molecule has 0 bridgehead atoms. The topological polar surface area (TPSA) is 46.2 Å². The average molecular weight is 304 g/mol. The van der Waals surface area contributed by atoms with Gasteiger partial charge in [-0.15, -0.1) is 11.6 Å². The minimum atomic E-state index is -3.42. The Morgan fingerprint density at radius 3 is 2.21 bits per heavy atom. The Morgan fingerprint density at radius 2 is 1.74 bits per heavy atom. The van der Waals surface area contributed by atoms with Crippen LogP contribution in [0.25, 0.3) is 0 Å². The van der Waals surface area contributed by atoms with Gasteiger partial charge in [-0.3, -0.25) is 0 Å². The Balaban J connectivity index is 2.76. The lowest BCUT2D eigenvalue weighted by Crippen LogP contribution is -2.33. The molecule has 19 heavy (non-hydrogen) atoms. The largest absolute Gasteiger partial charge is 0.240 e. The summed E-state index contributed by atoms with van der Waals surface area (Å²) < 4.78 is 27.0. The molecule has 5 heteroatoms. The van der Waals surface area contributed by atoms with Gasteiger partial charge in [0.05, 0.1) is 4.90 Å². The van der Waals surface area contributed by atoms with Gasteiger partial charge in [0.25, 0.3) is 0 Å². The number of hydrogen-bond donors (Lipinski definition) is 1. The van der Waals surface area contributed by atoms with E-state index in [-0.39, 0.29) is 6.04 Å². The summed E-state index contributed by atoms with van der Waals surface area (Å²) in [5.74, 6) is 0.999. The van der Waals surface area contributed by atoms with E-state index in [2.05, 4.69) is 18.6 Å². The van der Waals surface area contributed by atoms with Crippen LogP contribution in [0.4, 0.5) is 0 Å². The minimum absolute atomic E-state index is 0.0625. The van der Waals surface area contributed by atoms with E-state index in [9.17, 15) is 8.42 Å². The lowest BCUT2D eigenvalue weighted by atomic mass is 10.1. The van der Waals surface area contributed by atoms with Crippen molar-refractivity contribution < 1.29 is 8.42 Å². The third-order valence-corrected chi connectivity index (χ3v) is 4.59. The van der Waals surface area contributed by atoms with Crippen molar-refractivity contribution in [2.24, 2.45) is 5.92 Å². The van der Waals surface area contributed by atoms with Crippen LogP contribution in [0, 0.1) is 5.92 Å². The molecule has 1 aromatic rings. The number of alkyl halides is 1. The predicted octanol–water partition coefficient (Wildman–Crippen LogP) is 3.18. The molecular formula is C14H22ClNO2S. The third-order valence-electron chi connectivity index (χ3n) is 2.80. The van der Waals surface area contributed by atoms with Gasteiger partial charge in [-0.25, -0.2) is 13.1 Å². The molecule has 3 nitrogen and oxygen atoms in total. The van der Waals surface area contributed by atoms with E-state index >= 15 is 0 Å². The predicted molar refractivity (Wildman–Crippen MR) is 80.1 cm³/mol. The fraction of sp³-hybridized carbons (Fsp3) is 0.571. The van der Waals surface area contributed by atoms with Gasteiger partial charge in [-0.05, 0) is 43.4 Å². The van der Waals surface area contributed by atoms with Crippen LogP contribution in [0.2, 0.25) is 0 Å². The molecule has 0 heterocycles. The Labute approximate surface area is 121 Å². The number of aryl methyl sites for hydroxylation is 1. The van der Waals surface area contributed by atoms with Gasteiger partial charge in [0, 0.05) is 11.9 Å². The quantitative estimate of drug-likeness (QED) is 0.786. The van der Waals surface area contributed by atoms with Crippen molar-refractivity contribution >= 4 is 21.6 Å². The number of benzene rings is 1. The molecule has 1 unspecified atom stereocenters. The van der Waals surface area contributed by atoms with Gasteiger partial charge < -0.3 is 0 Å². The Bertz CT molecular complexity index is 483. The van der Waals surface area contributed by atoms with E-state index in [0.717, 1.165) is 18.4 Å². The summed E-state index contributed by atoms with van der Waals surface area (Å²) in [7, 11) is -3.42. The molecule has 0 aliphatic rings. The molecule has 0 saturated heterocycles. The van der Waals surface area contributed by atoms with Crippen LogP contribution in [0.3, 0.4) is 0 Å². The zero-order valence-corrected chi connectivity index (χ0v) is 13.3. The molecular weight excluding hydrogens is 282 g/mol. The van der Waals surface area contributed by atoms with Gasteiger partial charge in [-0.1, -0.05) is 26.0 Å². The number of halogens is 1. The average Bonchev–Trinajstić information content (AvgIpc) is 2.28. The van der Waals surface area contributed by atoms with E-state index in [1.807, 2.05) is 19.1 Å². The summed E-state index contributed by atoms with van der Waals surface area (Å²) in [5.41, 5.74) is 1.05. The number of hydrogen-bond acceptors (Lipinski definition) is 2. The first-order chi connectivity index (χ1) is 8.85. The molecule has 0 spiro atoms. The highest BCUT2D eigenvalue weighted by molar-refractivity contribution is 7.89. The van der Waals surface area contributed by atoms with E-state index in [4.69, 9.17) is 11.6 Å². The Morgan fingerprint density at radius 1 is 1.16 bits per heavy atom. The lowest BCUT2D eigenvalue weighted by molar-refractivity contribution is 0.482. The SMILES string of the molecule is CC(C)CC(C)NS(=O)(=O)c1ccc(CCCl)cc1. The first-order valence-electron chi connectivity index (χ1n) is 6.52. The Kier molecular flexibility index (Phi) is 6.30. The van der Waals surface area contributed by atoms with E-state index in [1.54, 1.807) is 12.1 Å². The van der Waals surface area contributed by atoms with E-state index in [1.165, 1.54) is 0 Å². The second-order valence-electron chi connectivity index (χ2n) is 5.23. The second kappa shape index (κ2) is 7.27.